The summed E-state index contributed by atoms with van der Waals surface area (Å²) >= 11 is 1.75. The highest BCUT2D eigenvalue weighted by molar-refractivity contribution is 8.15. The number of aromatic hydroxyl groups is 1. The molecule has 1 heterocycles. The van der Waals surface area contributed by atoms with E-state index >= 15 is 0 Å². The first-order valence-electron chi connectivity index (χ1n) is 4.47. The number of anilines is 1. The van der Waals surface area contributed by atoms with Gasteiger partial charge in [-0.3, -0.25) is 4.99 Å². The number of nitrogen functional groups attached to an aromatic ring is 1. The van der Waals surface area contributed by atoms with Gasteiger partial charge in [0, 0.05) is 10.8 Å². The average Bonchev–Trinajstić information content (AvgIpc) is 2.57. The molecule has 74 valence electrons. The van der Waals surface area contributed by atoms with E-state index in [-0.39, 0.29) is 5.75 Å². The third-order valence-electron chi connectivity index (χ3n) is 2.08. The van der Waals surface area contributed by atoms with Crippen molar-refractivity contribution in [3.63, 3.8) is 0 Å². The summed E-state index contributed by atoms with van der Waals surface area (Å²) in [5.74, 6) is 0.130. The van der Waals surface area contributed by atoms with E-state index in [2.05, 4.69) is 11.9 Å². The summed E-state index contributed by atoms with van der Waals surface area (Å²) in [4.78, 5) is 4.40. The van der Waals surface area contributed by atoms with E-state index in [1.165, 1.54) is 0 Å². The molecule has 1 aromatic rings. The highest BCUT2D eigenvalue weighted by Crippen LogP contribution is 2.28. The molecule has 1 atom stereocenters. The van der Waals surface area contributed by atoms with Gasteiger partial charge in [-0.05, 0) is 18.2 Å². The minimum atomic E-state index is 0.130. The molecule has 3 nitrogen and oxygen atoms in total. The lowest BCUT2D eigenvalue weighted by Crippen LogP contribution is -1.96. The predicted molar refractivity (Wildman–Crippen MR) is 61.0 cm³/mol. The molecule has 0 spiro atoms. The Morgan fingerprint density at radius 1 is 1.57 bits per heavy atom. The Labute approximate surface area is 87.0 Å². The SMILES string of the molecule is CC1CN=C(c2ccc(O)c(N)c2)S1. The number of hydrogen-bond acceptors (Lipinski definition) is 4. The number of benzene rings is 1. The summed E-state index contributed by atoms with van der Waals surface area (Å²) in [7, 11) is 0. The molecule has 2 rings (SSSR count). The van der Waals surface area contributed by atoms with Crippen LogP contribution in [0, 0.1) is 0 Å². The Bertz CT molecular complexity index is 390. The van der Waals surface area contributed by atoms with Crippen LogP contribution in [0.5, 0.6) is 5.75 Å². The molecule has 0 aliphatic carbocycles. The number of nitrogens with two attached hydrogens (primary N) is 1. The molecule has 4 heteroatoms. The lowest BCUT2D eigenvalue weighted by molar-refractivity contribution is 0.478. The van der Waals surface area contributed by atoms with Gasteiger partial charge in [-0.1, -0.05) is 6.92 Å². The van der Waals surface area contributed by atoms with Crippen molar-refractivity contribution < 1.29 is 5.11 Å². The minimum absolute atomic E-state index is 0.130. The summed E-state index contributed by atoms with van der Waals surface area (Å²) in [6, 6.07) is 5.21. The second-order valence-electron chi connectivity index (χ2n) is 3.35. The molecule has 3 N–H and O–H groups in total. The number of aliphatic imine (C=N–C) groups is 1. The van der Waals surface area contributed by atoms with Crippen molar-refractivity contribution >= 4 is 22.5 Å². The molecule has 1 aliphatic rings. The number of thioether (sulfide) groups is 1. The van der Waals surface area contributed by atoms with Gasteiger partial charge in [-0.2, -0.15) is 0 Å². The Balaban J connectivity index is 2.30. The van der Waals surface area contributed by atoms with Crippen LogP contribution in [0.4, 0.5) is 5.69 Å². The van der Waals surface area contributed by atoms with Crippen molar-refractivity contribution in [3.05, 3.63) is 23.8 Å². The maximum Gasteiger partial charge on any atom is 0.138 e. The Hall–Kier alpha value is -1.16. The van der Waals surface area contributed by atoms with Crippen LogP contribution in [0.1, 0.15) is 12.5 Å². The topological polar surface area (TPSA) is 58.6 Å². The van der Waals surface area contributed by atoms with Crippen LogP contribution < -0.4 is 5.73 Å². The van der Waals surface area contributed by atoms with Crippen molar-refractivity contribution in [3.8, 4) is 5.75 Å². The van der Waals surface area contributed by atoms with Gasteiger partial charge in [0.2, 0.25) is 0 Å². The van der Waals surface area contributed by atoms with E-state index in [0.717, 1.165) is 17.2 Å². The lowest BCUT2D eigenvalue weighted by Gasteiger charge is -2.04. The zero-order valence-corrected chi connectivity index (χ0v) is 8.71. The van der Waals surface area contributed by atoms with Crippen molar-refractivity contribution in [1.82, 2.24) is 0 Å². The zero-order chi connectivity index (χ0) is 10.1. The number of hydrogen-bond donors (Lipinski definition) is 2. The number of phenols is 1. The van der Waals surface area contributed by atoms with Crippen LogP contribution in [0.25, 0.3) is 0 Å². The van der Waals surface area contributed by atoms with E-state index in [4.69, 9.17) is 5.73 Å². The maximum absolute atomic E-state index is 9.27. The second-order valence-corrected chi connectivity index (χ2v) is 4.78. The summed E-state index contributed by atoms with van der Waals surface area (Å²) < 4.78 is 0. The van der Waals surface area contributed by atoms with Gasteiger partial charge in [-0.15, -0.1) is 11.8 Å². The van der Waals surface area contributed by atoms with Gasteiger partial charge in [0.15, 0.2) is 0 Å². The van der Waals surface area contributed by atoms with Crippen molar-refractivity contribution in [2.75, 3.05) is 12.3 Å². The van der Waals surface area contributed by atoms with Crippen molar-refractivity contribution in [2.45, 2.75) is 12.2 Å². The van der Waals surface area contributed by atoms with Crippen molar-refractivity contribution in [1.29, 1.82) is 0 Å². The Morgan fingerprint density at radius 3 is 2.93 bits per heavy atom. The quantitative estimate of drug-likeness (QED) is 0.547. The molecule has 0 radical (unpaired) electrons. The highest BCUT2D eigenvalue weighted by atomic mass is 32.2. The van der Waals surface area contributed by atoms with E-state index < -0.39 is 0 Å². The van der Waals surface area contributed by atoms with Gasteiger partial charge in [-0.25, -0.2) is 0 Å². The normalized spacial score (nSPS) is 20.9. The third kappa shape index (κ3) is 1.70. The molecule has 0 amide bonds. The molecule has 0 saturated carbocycles. The van der Waals surface area contributed by atoms with Crippen LogP contribution in [0.2, 0.25) is 0 Å². The molecular formula is C10H12N2OS. The standard InChI is InChI=1S/C10H12N2OS/c1-6-5-12-10(14-6)7-2-3-9(13)8(11)4-7/h2-4,6,13H,5,11H2,1H3. The molecule has 1 aliphatic heterocycles. The van der Waals surface area contributed by atoms with Crippen molar-refractivity contribution in [2.24, 2.45) is 4.99 Å². The van der Waals surface area contributed by atoms with Crippen LogP contribution in [-0.2, 0) is 0 Å². The molecule has 0 aromatic heterocycles. The molecule has 0 bridgehead atoms. The van der Waals surface area contributed by atoms with Gasteiger partial charge < -0.3 is 10.8 Å². The van der Waals surface area contributed by atoms with E-state index in [1.54, 1.807) is 23.9 Å². The van der Waals surface area contributed by atoms with E-state index in [1.807, 2.05) is 6.07 Å². The van der Waals surface area contributed by atoms with Gasteiger partial charge in [0.05, 0.1) is 17.3 Å². The molecule has 1 unspecified atom stereocenters. The summed E-state index contributed by atoms with van der Waals surface area (Å²) in [5, 5.41) is 10.8. The van der Waals surface area contributed by atoms with Gasteiger partial charge >= 0.3 is 0 Å². The summed E-state index contributed by atoms with van der Waals surface area (Å²) in [5.41, 5.74) is 7.01. The minimum Gasteiger partial charge on any atom is -0.506 e. The summed E-state index contributed by atoms with van der Waals surface area (Å²) in [6.07, 6.45) is 0. The molecule has 0 saturated heterocycles. The van der Waals surface area contributed by atoms with Crippen LogP contribution in [0.3, 0.4) is 0 Å². The van der Waals surface area contributed by atoms with Crippen LogP contribution >= 0.6 is 11.8 Å². The van der Waals surface area contributed by atoms with E-state index in [9.17, 15) is 5.11 Å². The Morgan fingerprint density at radius 2 is 2.36 bits per heavy atom. The lowest BCUT2D eigenvalue weighted by atomic mass is 10.2. The monoisotopic (exact) mass is 208 g/mol. The van der Waals surface area contributed by atoms with Gasteiger partial charge in [0.1, 0.15) is 5.75 Å². The number of rotatable bonds is 1. The molecule has 14 heavy (non-hydrogen) atoms. The van der Waals surface area contributed by atoms with Gasteiger partial charge in [0.25, 0.3) is 0 Å². The fraction of sp³-hybridized carbons (Fsp3) is 0.300. The third-order valence-corrected chi connectivity index (χ3v) is 3.22. The van der Waals surface area contributed by atoms with Crippen LogP contribution in [0.15, 0.2) is 23.2 Å². The number of nitrogens with zero attached hydrogens (tertiary/aromatic N) is 1. The highest BCUT2D eigenvalue weighted by Gasteiger charge is 2.16. The average molecular weight is 208 g/mol. The smallest absolute Gasteiger partial charge is 0.138 e. The molecule has 0 fully saturated rings. The van der Waals surface area contributed by atoms with E-state index in [0.29, 0.717) is 10.9 Å². The second kappa shape index (κ2) is 3.53. The fourth-order valence-electron chi connectivity index (χ4n) is 1.32. The first-order valence-corrected chi connectivity index (χ1v) is 5.35. The first-order chi connectivity index (χ1) is 6.66. The Kier molecular flexibility index (Phi) is 2.37. The zero-order valence-electron chi connectivity index (χ0n) is 7.90. The molecule has 1 aromatic carbocycles. The summed E-state index contributed by atoms with van der Waals surface area (Å²) in [6.45, 7) is 3.01. The fourth-order valence-corrected chi connectivity index (χ4v) is 2.27. The predicted octanol–water partition coefficient (Wildman–Crippen LogP) is 1.86. The first kappa shape index (κ1) is 9.40. The maximum atomic E-state index is 9.27. The number of phenolic OH excluding ortho intramolecular Hbond substituents is 1. The van der Waals surface area contributed by atoms with Crippen LogP contribution in [-0.4, -0.2) is 21.9 Å². The largest absolute Gasteiger partial charge is 0.506 e. The molecular weight excluding hydrogens is 196 g/mol.